The number of fused-ring (bicyclic) bond motifs is 2. The van der Waals surface area contributed by atoms with Crippen LogP contribution in [0.1, 0.15) is 33.6 Å². The fraction of sp³-hybridized carbons (Fsp3) is 0.250. The van der Waals surface area contributed by atoms with Gasteiger partial charge in [-0.15, -0.1) is 0 Å². The summed E-state index contributed by atoms with van der Waals surface area (Å²) < 4.78 is 11.1. The average molecular weight is 612 g/mol. The molecule has 0 bridgehead atoms. The molecule has 4 heterocycles. The summed E-state index contributed by atoms with van der Waals surface area (Å²) in [4.78, 5) is 25.6. The van der Waals surface area contributed by atoms with Crippen LogP contribution in [0.2, 0.25) is 0 Å². The van der Waals surface area contributed by atoms with Gasteiger partial charge >= 0.3 is 0 Å². The molecular weight excluding hydrogens is 579 g/mol. The molecule has 0 spiro atoms. The van der Waals surface area contributed by atoms with Crippen LogP contribution < -0.4 is 14.8 Å². The number of aryl methyl sites for hydroxylation is 2. The van der Waals surface area contributed by atoms with Gasteiger partial charge in [0.05, 0.1) is 47.7 Å². The zero-order chi connectivity index (χ0) is 30.1. The number of rotatable bonds is 10. The van der Waals surface area contributed by atoms with Crippen molar-refractivity contribution in [1.82, 2.24) is 29.9 Å². The first-order valence-electron chi connectivity index (χ1n) is 13.8. The van der Waals surface area contributed by atoms with E-state index in [2.05, 4.69) is 37.4 Å². The summed E-state index contributed by atoms with van der Waals surface area (Å²) in [6.07, 6.45) is 3.72. The number of imidazole rings is 2. The molecule has 6 aromatic rings. The normalized spacial score (nSPS) is 11.4. The number of H-pyrrole nitrogens is 2. The third-order valence-corrected chi connectivity index (χ3v) is 9.17. The second-order valence-electron chi connectivity index (χ2n) is 10.3. The molecule has 0 saturated heterocycles. The van der Waals surface area contributed by atoms with Crippen LogP contribution in [0.15, 0.2) is 59.1 Å². The number of ether oxygens (including phenoxy) is 2. The summed E-state index contributed by atoms with van der Waals surface area (Å²) in [6.45, 7) is 8.11. The number of anilines is 2. The number of nitrogens with zero attached hydrogens (tertiary/aromatic N) is 4. The van der Waals surface area contributed by atoms with Crippen LogP contribution in [0.3, 0.4) is 0 Å². The lowest BCUT2D eigenvalue weighted by molar-refractivity contribution is 0.407. The quantitative estimate of drug-likeness (QED) is 0.133. The molecule has 6 rings (SSSR count). The fourth-order valence-electron chi connectivity index (χ4n) is 5.14. The summed E-state index contributed by atoms with van der Waals surface area (Å²) in [5.41, 5.74) is 11.9. The van der Waals surface area contributed by atoms with Gasteiger partial charge in [0, 0.05) is 57.5 Å². The molecular formula is C32H33N7O2S2. The Morgan fingerprint density at radius 2 is 1.12 bits per heavy atom. The number of benzene rings is 2. The minimum atomic E-state index is 0.702. The van der Waals surface area contributed by atoms with E-state index in [4.69, 9.17) is 19.4 Å². The van der Waals surface area contributed by atoms with Crippen molar-refractivity contribution in [3.8, 4) is 11.5 Å². The molecule has 0 fully saturated rings. The van der Waals surface area contributed by atoms with Crippen molar-refractivity contribution >= 4 is 57.0 Å². The van der Waals surface area contributed by atoms with Crippen molar-refractivity contribution in [2.45, 2.75) is 49.5 Å². The largest absolute Gasteiger partial charge is 0.496 e. The number of aromatic nitrogens is 6. The maximum absolute atomic E-state index is 5.55. The van der Waals surface area contributed by atoms with Gasteiger partial charge in [-0.2, -0.15) is 0 Å². The maximum atomic E-state index is 5.55. The molecule has 0 radical (unpaired) electrons. The standard InChI is InChI=1S/C32H33N7O2S2/c1-17-13-33-27(19(3)29(17)40-5)15-42-31-36-23-9-7-21(11-25(23)38-31)35-22-8-10-24-26(12-22)39-32(37-24)43-16-28-20(4)30(41-6)18(2)14-34-28/h7-14,35H,15-16H2,1-6H3,(H,36,38)(H,37,39). The van der Waals surface area contributed by atoms with Crippen molar-refractivity contribution in [1.29, 1.82) is 0 Å². The molecule has 0 unspecified atom stereocenters. The van der Waals surface area contributed by atoms with E-state index in [0.29, 0.717) is 11.5 Å². The SMILES string of the molecule is COc1c(C)cnc(CSc2nc3ccc(Nc4ccc5nc(SCc6ncc(C)c(OC)c6C)[nH]c5c4)cc3[nH]2)c1C. The van der Waals surface area contributed by atoms with Gasteiger partial charge in [0.1, 0.15) is 11.5 Å². The van der Waals surface area contributed by atoms with E-state index in [1.165, 1.54) is 0 Å². The minimum Gasteiger partial charge on any atom is -0.496 e. The van der Waals surface area contributed by atoms with Crippen LogP contribution in [-0.2, 0) is 11.5 Å². The van der Waals surface area contributed by atoms with Gasteiger partial charge in [0.15, 0.2) is 10.3 Å². The first-order chi connectivity index (χ1) is 20.8. The van der Waals surface area contributed by atoms with Crippen LogP contribution in [-0.4, -0.2) is 44.1 Å². The van der Waals surface area contributed by atoms with Crippen LogP contribution in [0.5, 0.6) is 11.5 Å². The highest BCUT2D eigenvalue weighted by molar-refractivity contribution is 7.98. The van der Waals surface area contributed by atoms with E-state index in [1.54, 1.807) is 37.7 Å². The van der Waals surface area contributed by atoms with Gasteiger partial charge in [-0.05, 0) is 64.1 Å². The highest BCUT2D eigenvalue weighted by Crippen LogP contribution is 2.32. The third kappa shape index (κ3) is 6.00. The van der Waals surface area contributed by atoms with Crippen LogP contribution in [0, 0.1) is 27.7 Å². The molecule has 0 aliphatic carbocycles. The average Bonchev–Trinajstić information content (AvgIpc) is 3.59. The number of thioether (sulfide) groups is 2. The molecule has 0 aliphatic heterocycles. The second-order valence-corrected chi connectivity index (χ2v) is 12.3. The fourth-order valence-corrected chi connectivity index (χ4v) is 6.96. The van der Waals surface area contributed by atoms with Gasteiger partial charge in [-0.1, -0.05) is 23.5 Å². The summed E-state index contributed by atoms with van der Waals surface area (Å²) in [7, 11) is 3.40. The Balaban J connectivity index is 1.13. The number of nitrogens with one attached hydrogen (secondary N) is 3. The van der Waals surface area contributed by atoms with Gasteiger partial charge in [-0.25, -0.2) is 9.97 Å². The van der Waals surface area contributed by atoms with E-state index in [-0.39, 0.29) is 0 Å². The lowest BCUT2D eigenvalue weighted by atomic mass is 10.1. The molecule has 0 amide bonds. The summed E-state index contributed by atoms with van der Waals surface area (Å²) in [6, 6.07) is 12.3. The monoisotopic (exact) mass is 611 g/mol. The van der Waals surface area contributed by atoms with Gasteiger partial charge < -0.3 is 24.8 Å². The summed E-state index contributed by atoms with van der Waals surface area (Å²) >= 11 is 3.26. The topological polar surface area (TPSA) is 114 Å². The lowest BCUT2D eigenvalue weighted by Crippen LogP contribution is -1.98. The second kappa shape index (κ2) is 12.2. The van der Waals surface area contributed by atoms with Gasteiger partial charge in [0.25, 0.3) is 0 Å². The molecule has 0 atom stereocenters. The zero-order valence-corrected chi connectivity index (χ0v) is 26.6. The van der Waals surface area contributed by atoms with E-state index in [1.807, 2.05) is 64.4 Å². The molecule has 4 aromatic heterocycles. The van der Waals surface area contributed by atoms with Crippen LogP contribution in [0.25, 0.3) is 22.1 Å². The van der Waals surface area contributed by atoms with E-state index < -0.39 is 0 Å². The lowest BCUT2D eigenvalue weighted by Gasteiger charge is -2.11. The minimum absolute atomic E-state index is 0.702. The highest BCUT2D eigenvalue weighted by atomic mass is 32.2. The van der Waals surface area contributed by atoms with Crippen LogP contribution >= 0.6 is 23.5 Å². The number of aromatic amines is 2. The first kappa shape index (κ1) is 28.9. The summed E-state index contributed by atoms with van der Waals surface area (Å²) in [5, 5.41) is 5.22. The predicted molar refractivity (Wildman–Crippen MR) is 175 cm³/mol. The molecule has 220 valence electrons. The Morgan fingerprint density at radius 1 is 0.674 bits per heavy atom. The Hall–Kier alpha value is -4.22. The molecule has 0 aliphatic rings. The maximum Gasteiger partial charge on any atom is 0.166 e. The first-order valence-corrected chi connectivity index (χ1v) is 15.8. The predicted octanol–water partition coefficient (Wildman–Crippen LogP) is 7.81. The molecule has 11 heteroatoms. The van der Waals surface area contributed by atoms with Crippen molar-refractivity contribution < 1.29 is 9.47 Å². The van der Waals surface area contributed by atoms with E-state index >= 15 is 0 Å². The number of hydrogen-bond acceptors (Lipinski definition) is 9. The summed E-state index contributed by atoms with van der Waals surface area (Å²) in [5.74, 6) is 3.19. The van der Waals surface area contributed by atoms with Crippen molar-refractivity contribution in [2.75, 3.05) is 19.5 Å². The smallest absolute Gasteiger partial charge is 0.166 e. The van der Waals surface area contributed by atoms with Crippen LogP contribution in [0.4, 0.5) is 11.4 Å². The number of hydrogen-bond donors (Lipinski definition) is 3. The number of methoxy groups -OCH3 is 2. The Morgan fingerprint density at radius 3 is 1.53 bits per heavy atom. The zero-order valence-electron chi connectivity index (χ0n) is 25.0. The third-order valence-electron chi connectivity index (χ3n) is 7.40. The van der Waals surface area contributed by atoms with Gasteiger partial charge in [-0.3, -0.25) is 9.97 Å². The molecule has 2 aromatic carbocycles. The Kier molecular flexibility index (Phi) is 8.18. The molecule has 43 heavy (non-hydrogen) atoms. The van der Waals surface area contributed by atoms with Gasteiger partial charge in [0.2, 0.25) is 0 Å². The highest BCUT2D eigenvalue weighted by Gasteiger charge is 2.13. The van der Waals surface area contributed by atoms with Crippen molar-refractivity contribution in [2.24, 2.45) is 0 Å². The Bertz CT molecular complexity index is 1810. The van der Waals surface area contributed by atoms with E-state index in [9.17, 15) is 0 Å². The number of pyridine rings is 2. The van der Waals surface area contributed by atoms with Crippen molar-refractivity contribution in [3.63, 3.8) is 0 Å². The Labute approximate surface area is 258 Å². The van der Waals surface area contributed by atoms with Crippen molar-refractivity contribution in [3.05, 3.63) is 82.4 Å². The molecule has 9 nitrogen and oxygen atoms in total. The molecule has 0 saturated carbocycles. The van der Waals surface area contributed by atoms with E-state index in [0.717, 1.165) is 88.9 Å². The molecule has 3 N–H and O–H groups in total.